The molecule has 0 heterocycles. The van der Waals surface area contributed by atoms with Gasteiger partial charge in [-0.15, -0.1) is 0 Å². The third kappa shape index (κ3) is 5.90. The summed E-state index contributed by atoms with van der Waals surface area (Å²) >= 11 is 6.14. The van der Waals surface area contributed by atoms with Crippen LogP contribution < -0.4 is 10.0 Å². The first-order valence-electron chi connectivity index (χ1n) is 9.08. The van der Waals surface area contributed by atoms with E-state index in [2.05, 4.69) is 10.0 Å². The highest BCUT2D eigenvalue weighted by molar-refractivity contribution is 7.89. The highest BCUT2D eigenvalue weighted by Crippen LogP contribution is 2.15. The van der Waals surface area contributed by atoms with Crippen LogP contribution in [0.5, 0.6) is 0 Å². The SMILES string of the molecule is O=C(NCc1ccccc1Cl)[C@H](Cc1ccccc1)NS(=O)(=O)c1ccccc1. The first kappa shape index (κ1) is 21.0. The number of rotatable bonds is 8. The minimum atomic E-state index is -3.85. The van der Waals surface area contributed by atoms with E-state index < -0.39 is 22.0 Å². The van der Waals surface area contributed by atoms with Crippen molar-refractivity contribution in [1.29, 1.82) is 0 Å². The molecule has 0 fully saturated rings. The minimum Gasteiger partial charge on any atom is -0.351 e. The number of amides is 1. The maximum atomic E-state index is 12.9. The maximum Gasteiger partial charge on any atom is 0.241 e. The molecule has 5 nitrogen and oxygen atoms in total. The van der Waals surface area contributed by atoms with Crippen LogP contribution in [0.4, 0.5) is 0 Å². The van der Waals surface area contributed by atoms with Crippen LogP contribution in [0.25, 0.3) is 0 Å². The van der Waals surface area contributed by atoms with Crippen LogP contribution in [-0.4, -0.2) is 20.4 Å². The molecule has 1 atom stereocenters. The van der Waals surface area contributed by atoms with E-state index in [0.717, 1.165) is 11.1 Å². The Morgan fingerprint density at radius 2 is 1.45 bits per heavy atom. The fourth-order valence-corrected chi connectivity index (χ4v) is 4.26. The molecular formula is C22H21ClN2O3S. The quantitative estimate of drug-likeness (QED) is 0.576. The molecule has 3 rings (SSSR count). The van der Waals surface area contributed by atoms with Gasteiger partial charge >= 0.3 is 0 Å². The van der Waals surface area contributed by atoms with Crippen molar-refractivity contribution in [2.45, 2.75) is 23.9 Å². The van der Waals surface area contributed by atoms with E-state index in [9.17, 15) is 13.2 Å². The topological polar surface area (TPSA) is 75.3 Å². The Balaban J connectivity index is 1.79. The zero-order valence-corrected chi connectivity index (χ0v) is 17.2. The average molecular weight is 429 g/mol. The molecule has 0 aliphatic carbocycles. The predicted molar refractivity (Wildman–Crippen MR) is 114 cm³/mol. The molecule has 7 heteroatoms. The van der Waals surface area contributed by atoms with Crippen molar-refractivity contribution < 1.29 is 13.2 Å². The van der Waals surface area contributed by atoms with E-state index in [1.165, 1.54) is 12.1 Å². The number of halogens is 1. The molecule has 150 valence electrons. The highest BCUT2D eigenvalue weighted by atomic mass is 35.5. The summed E-state index contributed by atoms with van der Waals surface area (Å²) in [5.41, 5.74) is 1.60. The average Bonchev–Trinajstić information content (AvgIpc) is 2.74. The zero-order chi connectivity index (χ0) is 20.7. The normalized spacial score (nSPS) is 12.3. The third-order valence-electron chi connectivity index (χ3n) is 4.36. The van der Waals surface area contributed by atoms with E-state index in [4.69, 9.17) is 11.6 Å². The summed E-state index contributed by atoms with van der Waals surface area (Å²) in [5.74, 6) is -0.423. The summed E-state index contributed by atoms with van der Waals surface area (Å²) in [7, 11) is -3.85. The maximum absolute atomic E-state index is 12.9. The van der Waals surface area contributed by atoms with E-state index >= 15 is 0 Å². The Hall–Kier alpha value is -2.67. The van der Waals surface area contributed by atoms with Gasteiger partial charge in [0.15, 0.2) is 0 Å². The Morgan fingerprint density at radius 1 is 0.862 bits per heavy atom. The van der Waals surface area contributed by atoms with E-state index in [1.54, 1.807) is 30.3 Å². The van der Waals surface area contributed by atoms with Gasteiger partial charge in [0.05, 0.1) is 4.90 Å². The van der Waals surface area contributed by atoms with Crippen LogP contribution in [-0.2, 0) is 27.8 Å². The van der Waals surface area contributed by atoms with Crippen LogP contribution in [0, 0.1) is 0 Å². The number of hydrogen-bond donors (Lipinski definition) is 2. The first-order valence-corrected chi connectivity index (χ1v) is 10.9. The Kier molecular flexibility index (Phi) is 7.04. The highest BCUT2D eigenvalue weighted by Gasteiger charge is 2.26. The smallest absolute Gasteiger partial charge is 0.241 e. The van der Waals surface area contributed by atoms with Crippen LogP contribution in [0.3, 0.4) is 0 Å². The van der Waals surface area contributed by atoms with Crippen LogP contribution >= 0.6 is 11.6 Å². The summed E-state index contributed by atoms with van der Waals surface area (Å²) in [4.78, 5) is 13.0. The number of carbonyl (C=O) groups is 1. The fraction of sp³-hybridized carbons (Fsp3) is 0.136. The molecule has 0 saturated carbocycles. The summed E-state index contributed by atoms with van der Waals surface area (Å²) in [6.07, 6.45) is 0.223. The van der Waals surface area contributed by atoms with E-state index in [-0.39, 0.29) is 17.9 Å². The monoisotopic (exact) mass is 428 g/mol. The molecule has 0 bridgehead atoms. The number of benzene rings is 3. The van der Waals surface area contributed by atoms with Crippen molar-refractivity contribution in [3.8, 4) is 0 Å². The molecule has 0 aliphatic rings. The van der Waals surface area contributed by atoms with Gasteiger partial charge in [0, 0.05) is 11.6 Å². The number of hydrogen-bond acceptors (Lipinski definition) is 3. The minimum absolute atomic E-state index is 0.108. The first-order chi connectivity index (χ1) is 14.0. The number of nitrogens with one attached hydrogen (secondary N) is 2. The predicted octanol–water partition coefficient (Wildman–Crippen LogP) is 3.55. The van der Waals surface area contributed by atoms with Gasteiger partial charge in [-0.2, -0.15) is 4.72 Å². The van der Waals surface area contributed by atoms with Crippen LogP contribution in [0.1, 0.15) is 11.1 Å². The third-order valence-corrected chi connectivity index (χ3v) is 6.22. The second-order valence-electron chi connectivity index (χ2n) is 6.49. The zero-order valence-electron chi connectivity index (χ0n) is 15.6. The molecule has 29 heavy (non-hydrogen) atoms. The standard InChI is InChI=1S/C22H21ClN2O3S/c23-20-14-8-7-11-18(20)16-24-22(26)21(15-17-9-3-1-4-10-17)25-29(27,28)19-12-5-2-6-13-19/h1-14,21,25H,15-16H2,(H,24,26)/t21-/m0/s1. The summed E-state index contributed by atoms with van der Waals surface area (Å²) in [6.45, 7) is 0.205. The van der Waals surface area contributed by atoms with E-state index in [0.29, 0.717) is 5.02 Å². The van der Waals surface area contributed by atoms with Gasteiger partial charge in [-0.1, -0.05) is 78.3 Å². The molecule has 0 aliphatic heterocycles. The van der Waals surface area contributed by atoms with Crippen LogP contribution in [0.15, 0.2) is 89.8 Å². The second-order valence-corrected chi connectivity index (χ2v) is 8.61. The fourth-order valence-electron chi connectivity index (χ4n) is 2.84. The van der Waals surface area contributed by atoms with Gasteiger partial charge in [-0.05, 0) is 35.7 Å². The molecule has 0 aromatic heterocycles. The number of sulfonamides is 1. The lowest BCUT2D eigenvalue weighted by atomic mass is 10.1. The molecule has 3 aromatic carbocycles. The lowest BCUT2D eigenvalue weighted by Gasteiger charge is -2.19. The van der Waals surface area contributed by atoms with Gasteiger partial charge in [0.2, 0.25) is 15.9 Å². The van der Waals surface area contributed by atoms with Crippen molar-refractivity contribution >= 4 is 27.5 Å². The van der Waals surface area contributed by atoms with Gasteiger partial charge in [0.25, 0.3) is 0 Å². The van der Waals surface area contributed by atoms with Gasteiger partial charge in [-0.3, -0.25) is 4.79 Å². The van der Waals surface area contributed by atoms with Gasteiger partial charge in [-0.25, -0.2) is 8.42 Å². The number of carbonyl (C=O) groups excluding carboxylic acids is 1. The molecule has 0 unspecified atom stereocenters. The van der Waals surface area contributed by atoms with Gasteiger partial charge in [0.1, 0.15) is 6.04 Å². The molecule has 0 spiro atoms. The lowest BCUT2D eigenvalue weighted by molar-refractivity contribution is -0.122. The molecule has 2 N–H and O–H groups in total. The Morgan fingerprint density at radius 3 is 2.10 bits per heavy atom. The van der Waals surface area contributed by atoms with Gasteiger partial charge < -0.3 is 5.32 Å². The van der Waals surface area contributed by atoms with Crippen molar-refractivity contribution in [3.05, 3.63) is 101 Å². The van der Waals surface area contributed by atoms with Crippen molar-refractivity contribution in [2.24, 2.45) is 0 Å². The molecule has 0 radical (unpaired) electrons. The Labute approximate surface area is 175 Å². The van der Waals surface area contributed by atoms with Crippen molar-refractivity contribution in [1.82, 2.24) is 10.0 Å². The van der Waals surface area contributed by atoms with Crippen molar-refractivity contribution in [2.75, 3.05) is 0 Å². The molecule has 3 aromatic rings. The summed E-state index contributed by atoms with van der Waals surface area (Å²) in [5, 5.41) is 3.32. The van der Waals surface area contributed by atoms with Crippen LogP contribution in [0.2, 0.25) is 5.02 Å². The largest absolute Gasteiger partial charge is 0.351 e. The summed E-state index contributed by atoms with van der Waals surface area (Å²) < 4.78 is 28.0. The second kappa shape index (κ2) is 9.69. The molecule has 0 saturated heterocycles. The summed E-state index contributed by atoms with van der Waals surface area (Å²) in [6, 6.07) is 23.5. The molecule has 1 amide bonds. The van der Waals surface area contributed by atoms with E-state index in [1.807, 2.05) is 42.5 Å². The Bertz CT molecular complexity index is 1060. The lowest BCUT2D eigenvalue weighted by Crippen LogP contribution is -2.47. The molecular weight excluding hydrogens is 408 g/mol. The van der Waals surface area contributed by atoms with Crippen molar-refractivity contribution in [3.63, 3.8) is 0 Å².